The Labute approximate surface area is 391 Å². The molecule has 340 valence electrons. The summed E-state index contributed by atoms with van der Waals surface area (Å²) < 4.78 is 136. The molecule has 8 bridgehead atoms. The zero-order valence-electron chi connectivity index (χ0n) is 34.6. The van der Waals surface area contributed by atoms with E-state index in [-0.39, 0.29) is 111 Å². The predicted molar refractivity (Wildman–Crippen MR) is 236 cm³/mol. The Morgan fingerprint density at radius 3 is 0.708 bits per heavy atom. The summed E-state index contributed by atoms with van der Waals surface area (Å²) in [5.74, 6) is -1.32. The van der Waals surface area contributed by atoms with Crippen molar-refractivity contribution >= 4 is 40.5 Å². The van der Waals surface area contributed by atoms with Gasteiger partial charge >= 0.3 is 19.5 Å². The molecule has 0 radical (unpaired) electrons. The molecule has 12 atom stereocenters. The molecule has 3 fully saturated rings. The molecule has 0 spiro atoms. The molecule has 4 aromatic carbocycles. The summed E-state index contributed by atoms with van der Waals surface area (Å²) in [6, 6.07) is 21.8. The van der Waals surface area contributed by atoms with Crippen LogP contribution in [-0.4, -0.2) is 100 Å². The zero-order chi connectivity index (χ0) is 45.3. The standard InChI is InChI=1S/C44H46N4O12S4.Zn/c49-61(50,51)29-9-1-25(2-10-29)41-33-17-19-35(45-33)42(26-3-11-30(12-4-26)62(52,53)54)37-21-23-39(47-37)44(28-7-15-32(16-8-28)64(58,59)60)40-24-22-38(48-40)43(36-20-18-34(41)46-36)27-5-13-31(14-6-27)63(55,56)57;/h1-17,19,22,24,33-45,48H,18,20-21,23H2,(H,49,50,51)(H,52,53,54)(H,55,56,57)(H,58,59,60);/q-2;+2. The molecule has 5 heterocycles. The fourth-order valence-electron chi connectivity index (χ4n) is 10.7. The first-order chi connectivity index (χ1) is 30.2. The van der Waals surface area contributed by atoms with Gasteiger partial charge in [0.15, 0.2) is 0 Å². The molecule has 6 N–H and O–H groups in total. The van der Waals surface area contributed by atoms with Crippen LogP contribution in [0.25, 0.3) is 10.6 Å². The fraction of sp³-hybridized carbons (Fsp3) is 0.364. The van der Waals surface area contributed by atoms with Crippen LogP contribution < -0.4 is 10.6 Å². The van der Waals surface area contributed by atoms with Gasteiger partial charge in [0.05, 0.1) is 19.6 Å². The van der Waals surface area contributed by atoms with E-state index in [4.69, 9.17) is 10.6 Å². The first kappa shape index (κ1) is 47.9. The van der Waals surface area contributed by atoms with Crippen LogP contribution >= 0.6 is 0 Å². The number of hydrogen-bond acceptors (Lipinski definition) is 10. The van der Waals surface area contributed by atoms with E-state index in [1.54, 1.807) is 48.5 Å². The molecule has 9 rings (SSSR count). The number of benzene rings is 4. The van der Waals surface area contributed by atoms with Crippen LogP contribution in [0.4, 0.5) is 0 Å². The van der Waals surface area contributed by atoms with Crippen molar-refractivity contribution in [2.75, 3.05) is 0 Å². The molecular weight excluding hydrogens is 970 g/mol. The molecule has 0 amide bonds. The van der Waals surface area contributed by atoms with Crippen LogP contribution in [-0.2, 0) is 60.0 Å². The van der Waals surface area contributed by atoms with Crippen molar-refractivity contribution in [2.45, 2.75) is 117 Å². The first-order valence-corrected chi connectivity index (χ1v) is 26.6. The Bertz CT molecular complexity index is 2530. The van der Waals surface area contributed by atoms with Gasteiger partial charge in [0.25, 0.3) is 40.5 Å². The summed E-state index contributed by atoms with van der Waals surface area (Å²) in [5.41, 5.74) is 3.12. The molecule has 3 saturated heterocycles. The quantitative estimate of drug-likeness (QED) is 0.0700. The van der Waals surface area contributed by atoms with E-state index in [0.717, 1.165) is 22.3 Å². The molecular formula is C44H46N4O12S4Zn. The van der Waals surface area contributed by atoms with Crippen LogP contribution in [0.1, 0.15) is 71.6 Å². The average molecular weight is 1020 g/mol. The van der Waals surface area contributed by atoms with Crippen molar-refractivity contribution in [3.63, 3.8) is 0 Å². The van der Waals surface area contributed by atoms with Gasteiger partial charge in [-0.1, -0.05) is 98.5 Å². The summed E-state index contributed by atoms with van der Waals surface area (Å²) >= 11 is 0. The number of nitrogens with one attached hydrogen (secondary N) is 2. The molecule has 21 heteroatoms. The van der Waals surface area contributed by atoms with Crippen LogP contribution in [0.15, 0.2) is 141 Å². The number of rotatable bonds is 8. The van der Waals surface area contributed by atoms with E-state index >= 15 is 0 Å². The second kappa shape index (κ2) is 18.2. The van der Waals surface area contributed by atoms with Gasteiger partial charge in [-0.25, -0.2) is 0 Å². The summed E-state index contributed by atoms with van der Waals surface area (Å²) in [4.78, 5) is -1.00. The maximum absolute atomic E-state index is 12.1. The molecule has 5 aliphatic rings. The Balaban J connectivity index is 0.00000576. The Morgan fingerprint density at radius 2 is 0.538 bits per heavy atom. The van der Waals surface area contributed by atoms with Crippen LogP contribution in [0.5, 0.6) is 0 Å². The summed E-state index contributed by atoms with van der Waals surface area (Å²) in [7, 11) is -17.9. The van der Waals surface area contributed by atoms with Crippen molar-refractivity contribution in [3.05, 3.63) is 154 Å². The normalized spacial score (nSPS) is 31.4. The Morgan fingerprint density at radius 1 is 0.354 bits per heavy atom. The van der Waals surface area contributed by atoms with Gasteiger partial charge in [-0.3, -0.25) is 18.2 Å². The van der Waals surface area contributed by atoms with Crippen molar-refractivity contribution in [2.24, 2.45) is 0 Å². The third kappa shape index (κ3) is 9.90. The second-order valence-electron chi connectivity index (χ2n) is 17.2. The monoisotopic (exact) mass is 1010 g/mol. The number of fused-ring (bicyclic) bond motifs is 8. The van der Waals surface area contributed by atoms with Gasteiger partial charge in [0.2, 0.25) is 0 Å². The van der Waals surface area contributed by atoms with E-state index in [1.807, 2.05) is 0 Å². The zero-order valence-corrected chi connectivity index (χ0v) is 40.8. The molecule has 0 saturated carbocycles. The molecule has 16 nitrogen and oxygen atoms in total. The third-order valence-electron chi connectivity index (χ3n) is 13.6. The SMILES string of the molecule is O=S(=O)(O)c1ccc(C2C3CCC([N-]3)C(c3ccc(S(=O)(=O)O)cc3)C3C=CC(N3)C(c3ccc(S(=O)(=O)O)cc3)C3CCC([N-]3)C(c3ccc(S(=O)(=O)O)cc3)C3C=CC2N3)cc1.[Zn+2]. The van der Waals surface area contributed by atoms with Crippen molar-refractivity contribution in [1.29, 1.82) is 0 Å². The van der Waals surface area contributed by atoms with Crippen LogP contribution in [0, 0.1) is 0 Å². The topological polar surface area (TPSA) is 270 Å². The van der Waals surface area contributed by atoms with Crippen LogP contribution in [0.3, 0.4) is 0 Å². The third-order valence-corrected chi connectivity index (χ3v) is 17.0. The minimum absolute atomic E-state index is 0. The number of nitrogens with zero attached hydrogens (tertiary/aromatic N) is 2. The van der Waals surface area contributed by atoms with Gasteiger partial charge in [0.1, 0.15) is 0 Å². The van der Waals surface area contributed by atoms with E-state index < -0.39 is 40.5 Å². The number of hydrogen-bond donors (Lipinski definition) is 6. The van der Waals surface area contributed by atoms with Gasteiger partial charge in [-0.05, 0) is 94.5 Å². The second-order valence-corrected chi connectivity index (χ2v) is 22.9. The Kier molecular flexibility index (Phi) is 13.4. The van der Waals surface area contributed by atoms with E-state index in [0.29, 0.717) is 25.7 Å². The van der Waals surface area contributed by atoms with Gasteiger partial charge < -0.3 is 21.3 Å². The van der Waals surface area contributed by atoms with Gasteiger partial charge in [-0.2, -0.15) is 33.7 Å². The summed E-state index contributed by atoms with van der Waals surface area (Å²) in [6.45, 7) is 0. The van der Waals surface area contributed by atoms with E-state index in [1.165, 1.54) is 48.5 Å². The van der Waals surface area contributed by atoms with Crippen molar-refractivity contribution < 1.29 is 71.4 Å². The minimum atomic E-state index is -4.48. The minimum Gasteiger partial charge on any atom is -0.656 e. The summed E-state index contributed by atoms with van der Waals surface area (Å²) in [6.07, 6.45) is 10.8. The predicted octanol–water partition coefficient (Wildman–Crippen LogP) is 5.72. The van der Waals surface area contributed by atoms with E-state index in [9.17, 15) is 51.9 Å². The Hall–Kier alpha value is -3.54. The molecule has 0 aromatic heterocycles. The molecule has 4 aromatic rings. The summed E-state index contributed by atoms with van der Waals surface area (Å²) in [5, 5.41) is 18.7. The largest absolute Gasteiger partial charge is 2.00 e. The van der Waals surface area contributed by atoms with Crippen LogP contribution in [0.2, 0.25) is 0 Å². The fourth-order valence-corrected chi connectivity index (χ4v) is 12.6. The molecule has 0 aliphatic carbocycles. The smallest absolute Gasteiger partial charge is 0.656 e. The maximum atomic E-state index is 12.1. The van der Waals surface area contributed by atoms with Gasteiger partial charge in [0, 0.05) is 24.2 Å². The molecule has 12 unspecified atom stereocenters. The van der Waals surface area contributed by atoms with Gasteiger partial charge in [-0.15, -0.1) is 24.2 Å². The first-order valence-electron chi connectivity index (χ1n) is 20.8. The average Bonchev–Trinajstić information content (AvgIpc) is 4.08. The molecule has 5 aliphatic heterocycles. The van der Waals surface area contributed by atoms with E-state index in [2.05, 4.69) is 34.9 Å². The maximum Gasteiger partial charge on any atom is 2.00 e. The molecule has 65 heavy (non-hydrogen) atoms. The van der Waals surface area contributed by atoms with Crippen molar-refractivity contribution in [3.8, 4) is 0 Å². The van der Waals surface area contributed by atoms with Crippen molar-refractivity contribution in [1.82, 2.24) is 10.6 Å².